The highest BCUT2D eigenvalue weighted by Crippen LogP contribution is 2.14. The number of imidazole rings is 1. The first-order valence-corrected chi connectivity index (χ1v) is 8.56. The Hall–Kier alpha value is -2.66. The van der Waals surface area contributed by atoms with Gasteiger partial charge in [0.2, 0.25) is 0 Å². The van der Waals surface area contributed by atoms with Gasteiger partial charge in [-0.05, 0) is 47.9 Å². The van der Waals surface area contributed by atoms with E-state index in [9.17, 15) is 0 Å². The molecule has 0 spiro atoms. The topological polar surface area (TPSA) is 52.0 Å². The van der Waals surface area contributed by atoms with E-state index in [0.717, 1.165) is 30.9 Å². The van der Waals surface area contributed by atoms with Gasteiger partial charge < -0.3 is 14.6 Å². The number of aromatic nitrogens is 3. The Morgan fingerprint density at radius 2 is 1.80 bits per heavy atom. The molecule has 5 nitrogen and oxygen atoms in total. The lowest BCUT2D eigenvalue weighted by Gasteiger charge is -2.13. The molecule has 1 unspecified atom stereocenters. The molecule has 0 bridgehead atoms. The number of hydrogen-bond acceptors (Lipinski definition) is 4. The molecule has 0 aliphatic heterocycles. The van der Waals surface area contributed by atoms with Crippen molar-refractivity contribution < 1.29 is 4.74 Å². The fourth-order valence-corrected chi connectivity index (χ4v) is 2.63. The zero-order valence-corrected chi connectivity index (χ0v) is 14.5. The van der Waals surface area contributed by atoms with Crippen molar-refractivity contribution in [3.63, 3.8) is 0 Å². The minimum atomic E-state index is 0.553. The van der Waals surface area contributed by atoms with E-state index < -0.39 is 0 Å². The maximum Gasteiger partial charge on any atom is 0.119 e. The summed E-state index contributed by atoms with van der Waals surface area (Å²) in [6.45, 7) is 5.61. The quantitative estimate of drug-likeness (QED) is 0.651. The average Bonchev–Trinajstić information content (AvgIpc) is 3.15. The summed E-state index contributed by atoms with van der Waals surface area (Å²) in [7, 11) is 0. The van der Waals surface area contributed by atoms with Gasteiger partial charge in [-0.1, -0.05) is 19.1 Å². The van der Waals surface area contributed by atoms with Crippen molar-refractivity contribution in [1.29, 1.82) is 0 Å². The van der Waals surface area contributed by atoms with E-state index in [1.807, 2.05) is 43.0 Å². The summed E-state index contributed by atoms with van der Waals surface area (Å²) >= 11 is 0. The van der Waals surface area contributed by atoms with Crippen LogP contribution in [0.2, 0.25) is 0 Å². The molecule has 3 aromatic rings. The van der Waals surface area contributed by atoms with Crippen LogP contribution in [-0.4, -0.2) is 21.1 Å². The van der Waals surface area contributed by atoms with Gasteiger partial charge in [0, 0.05) is 37.9 Å². The van der Waals surface area contributed by atoms with Crippen molar-refractivity contribution in [2.75, 3.05) is 6.54 Å². The number of benzene rings is 1. The summed E-state index contributed by atoms with van der Waals surface area (Å²) in [6, 6.07) is 12.2. The highest BCUT2D eigenvalue weighted by molar-refractivity contribution is 5.27. The Labute approximate surface area is 148 Å². The molecular weight excluding hydrogens is 312 g/mol. The van der Waals surface area contributed by atoms with Gasteiger partial charge in [-0.25, -0.2) is 4.98 Å². The van der Waals surface area contributed by atoms with Gasteiger partial charge in [-0.2, -0.15) is 0 Å². The third-order valence-electron chi connectivity index (χ3n) is 3.98. The van der Waals surface area contributed by atoms with Crippen LogP contribution in [0.4, 0.5) is 0 Å². The molecule has 2 aromatic heterocycles. The second kappa shape index (κ2) is 8.99. The molecule has 0 radical (unpaired) electrons. The summed E-state index contributed by atoms with van der Waals surface area (Å²) in [6.07, 6.45) is 9.24. The van der Waals surface area contributed by atoms with Crippen molar-refractivity contribution >= 4 is 0 Å². The molecule has 1 N–H and O–H groups in total. The molecule has 3 rings (SSSR count). The van der Waals surface area contributed by atoms with Gasteiger partial charge in [-0.3, -0.25) is 4.98 Å². The first-order valence-electron chi connectivity index (χ1n) is 8.56. The van der Waals surface area contributed by atoms with E-state index in [1.165, 1.54) is 5.56 Å². The number of hydrogen-bond donors (Lipinski definition) is 1. The highest BCUT2D eigenvalue weighted by atomic mass is 16.5. The first-order chi connectivity index (χ1) is 12.3. The zero-order valence-electron chi connectivity index (χ0n) is 14.5. The Balaban J connectivity index is 1.38. The van der Waals surface area contributed by atoms with E-state index in [1.54, 1.807) is 12.4 Å². The van der Waals surface area contributed by atoms with Crippen LogP contribution in [-0.2, 0) is 19.7 Å². The van der Waals surface area contributed by atoms with Gasteiger partial charge in [0.25, 0.3) is 0 Å². The SMILES string of the molecule is CC(CNCc1ccc(OCc2ccncc2)cc1)Cn1ccnc1. The predicted octanol–water partition coefficient (Wildman–Crippen LogP) is 3.28. The predicted molar refractivity (Wildman–Crippen MR) is 98.1 cm³/mol. The smallest absolute Gasteiger partial charge is 0.119 e. The fourth-order valence-electron chi connectivity index (χ4n) is 2.63. The maximum atomic E-state index is 5.79. The minimum absolute atomic E-state index is 0.553. The van der Waals surface area contributed by atoms with Crippen LogP contribution >= 0.6 is 0 Å². The standard InChI is InChI=1S/C20H24N4O/c1-17(14-24-11-10-22-16-24)12-23-13-18-2-4-20(5-3-18)25-15-19-6-8-21-9-7-19/h2-11,16-17,23H,12-15H2,1H3. The molecule has 0 saturated carbocycles. The average molecular weight is 336 g/mol. The van der Waals surface area contributed by atoms with Crippen molar-refractivity contribution in [2.45, 2.75) is 26.6 Å². The lowest BCUT2D eigenvalue weighted by molar-refractivity contribution is 0.306. The Morgan fingerprint density at radius 1 is 1.00 bits per heavy atom. The van der Waals surface area contributed by atoms with Crippen molar-refractivity contribution in [1.82, 2.24) is 19.9 Å². The van der Waals surface area contributed by atoms with E-state index in [0.29, 0.717) is 12.5 Å². The number of pyridine rings is 1. The van der Waals surface area contributed by atoms with Crippen LogP contribution in [0, 0.1) is 5.92 Å². The largest absolute Gasteiger partial charge is 0.489 e. The lowest BCUT2D eigenvalue weighted by atomic mass is 10.1. The van der Waals surface area contributed by atoms with Crippen LogP contribution in [0.15, 0.2) is 67.5 Å². The van der Waals surface area contributed by atoms with Gasteiger partial charge in [0.05, 0.1) is 6.33 Å². The van der Waals surface area contributed by atoms with Gasteiger partial charge in [-0.15, -0.1) is 0 Å². The summed E-state index contributed by atoms with van der Waals surface area (Å²) in [5.41, 5.74) is 2.37. The van der Waals surface area contributed by atoms with Crippen LogP contribution in [0.25, 0.3) is 0 Å². The number of rotatable bonds is 9. The zero-order chi connectivity index (χ0) is 17.3. The lowest BCUT2D eigenvalue weighted by Crippen LogP contribution is -2.23. The molecule has 25 heavy (non-hydrogen) atoms. The Kier molecular flexibility index (Phi) is 6.17. The number of ether oxygens (including phenoxy) is 1. The second-order valence-corrected chi connectivity index (χ2v) is 6.28. The highest BCUT2D eigenvalue weighted by Gasteiger charge is 2.03. The normalized spacial score (nSPS) is 12.0. The van der Waals surface area contributed by atoms with Crippen LogP contribution in [0.5, 0.6) is 5.75 Å². The fraction of sp³-hybridized carbons (Fsp3) is 0.300. The molecule has 2 heterocycles. The van der Waals surface area contributed by atoms with Crippen LogP contribution in [0.1, 0.15) is 18.1 Å². The van der Waals surface area contributed by atoms with Crippen LogP contribution in [0.3, 0.4) is 0 Å². The summed E-state index contributed by atoms with van der Waals surface area (Å²) in [5.74, 6) is 1.44. The number of nitrogens with zero attached hydrogens (tertiary/aromatic N) is 3. The summed E-state index contributed by atoms with van der Waals surface area (Å²) in [4.78, 5) is 8.08. The van der Waals surface area contributed by atoms with Gasteiger partial charge >= 0.3 is 0 Å². The monoisotopic (exact) mass is 336 g/mol. The van der Waals surface area contributed by atoms with Crippen LogP contribution < -0.4 is 10.1 Å². The van der Waals surface area contributed by atoms with E-state index in [2.05, 4.69) is 38.9 Å². The molecule has 5 heteroatoms. The third-order valence-corrected chi connectivity index (χ3v) is 3.98. The third kappa shape index (κ3) is 5.72. The van der Waals surface area contributed by atoms with E-state index in [-0.39, 0.29) is 0 Å². The molecule has 0 aliphatic carbocycles. The van der Waals surface area contributed by atoms with Crippen molar-refractivity contribution in [2.24, 2.45) is 5.92 Å². The van der Waals surface area contributed by atoms with E-state index in [4.69, 9.17) is 4.74 Å². The minimum Gasteiger partial charge on any atom is -0.489 e. The molecule has 0 saturated heterocycles. The molecule has 0 amide bonds. The van der Waals surface area contributed by atoms with Gasteiger partial charge in [0.1, 0.15) is 12.4 Å². The van der Waals surface area contributed by atoms with Crippen molar-refractivity contribution in [3.8, 4) is 5.75 Å². The first kappa shape index (κ1) is 17.2. The van der Waals surface area contributed by atoms with E-state index >= 15 is 0 Å². The molecule has 1 aromatic carbocycles. The Bertz CT molecular complexity index is 726. The molecule has 0 fully saturated rings. The maximum absolute atomic E-state index is 5.79. The van der Waals surface area contributed by atoms with Crippen molar-refractivity contribution in [3.05, 3.63) is 78.6 Å². The van der Waals surface area contributed by atoms with Gasteiger partial charge in [0.15, 0.2) is 0 Å². The second-order valence-electron chi connectivity index (χ2n) is 6.28. The Morgan fingerprint density at radius 3 is 2.52 bits per heavy atom. The molecule has 1 atom stereocenters. The summed E-state index contributed by atoms with van der Waals surface area (Å²) < 4.78 is 7.90. The summed E-state index contributed by atoms with van der Waals surface area (Å²) in [5, 5.41) is 3.51. The molecular formula is C20H24N4O. The molecule has 0 aliphatic rings. The molecule has 130 valence electrons. The number of nitrogens with one attached hydrogen (secondary N) is 1.